The van der Waals surface area contributed by atoms with E-state index in [-0.39, 0.29) is 17.3 Å². The maximum atomic E-state index is 11.7. The van der Waals surface area contributed by atoms with Crippen molar-refractivity contribution in [1.29, 1.82) is 0 Å². The van der Waals surface area contributed by atoms with Crippen LogP contribution in [-0.4, -0.2) is 31.0 Å². The standard InChI is InChI=1S/C12H16BrNO3S2/c1-8(2)19(15,16)6-5-17-11-4-3-9(13)7-10(11)12(14)18/h3-4,7-8H,5-6H2,1-2H3,(H2,14,18). The Labute approximate surface area is 127 Å². The van der Waals surface area contributed by atoms with E-state index < -0.39 is 15.1 Å². The molecule has 2 N–H and O–H groups in total. The third-order valence-electron chi connectivity index (χ3n) is 2.55. The monoisotopic (exact) mass is 365 g/mol. The number of ether oxygens (including phenoxy) is 1. The van der Waals surface area contributed by atoms with E-state index in [9.17, 15) is 8.42 Å². The summed E-state index contributed by atoms with van der Waals surface area (Å²) in [7, 11) is -3.11. The minimum atomic E-state index is -3.11. The SMILES string of the molecule is CC(C)S(=O)(=O)CCOc1ccc(Br)cc1C(N)=S. The molecule has 1 rings (SSSR count). The van der Waals surface area contributed by atoms with Gasteiger partial charge in [-0.2, -0.15) is 0 Å². The fourth-order valence-electron chi connectivity index (χ4n) is 1.32. The Morgan fingerprint density at radius 1 is 1.47 bits per heavy atom. The first-order chi connectivity index (χ1) is 8.74. The zero-order chi connectivity index (χ0) is 14.6. The fourth-order valence-corrected chi connectivity index (χ4v) is 2.63. The fraction of sp³-hybridized carbons (Fsp3) is 0.417. The van der Waals surface area contributed by atoms with Gasteiger partial charge in [0.05, 0.1) is 16.6 Å². The summed E-state index contributed by atoms with van der Waals surface area (Å²) in [6.45, 7) is 3.38. The Morgan fingerprint density at radius 3 is 2.63 bits per heavy atom. The zero-order valence-electron chi connectivity index (χ0n) is 10.7. The summed E-state index contributed by atoms with van der Waals surface area (Å²) in [6.07, 6.45) is 0. The van der Waals surface area contributed by atoms with Crippen molar-refractivity contribution in [2.45, 2.75) is 19.1 Å². The molecule has 0 saturated heterocycles. The van der Waals surface area contributed by atoms with E-state index in [0.717, 1.165) is 4.47 Å². The zero-order valence-corrected chi connectivity index (χ0v) is 13.9. The topological polar surface area (TPSA) is 69.4 Å². The smallest absolute Gasteiger partial charge is 0.155 e. The second-order valence-electron chi connectivity index (χ2n) is 4.27. The van der Waals surface area contributed by atoms with Crippen molar-refractivity contribution in [1.82, 2.24) is 0 Å². The van der Waals surface area contributed by atoms with Gasteiger partial charge in [0.25, 0.3) is 0 Å². The van der Waals surface area contributed by atoms with E-state index in [4.69, 9.17) is 22.7 Å². The van der Waals surface area contributed by atoms with Crippen LogP contribution in [0.1, 0.15) is 19.4 Å². The number of nitrogens with two attached hydrogens (primary N) is 1. The van der Waals surface area contributed by atoms with Crippen LogP contribution in [0.3, 0.4) is 0 Å². The Bertz CT molecular complexity index is 570. The molecule has 1 aromatic carbocycles. The van der Waals surface area contributed by atoms with Gasteiger partial charge in [-0.3, -0.25) is 0 Å². The molecule has 0 saturated carbocycles. The van der Waals surface area contributed by atoms with E-state index in [0.29, 0.717) is 11.3 Å². The van der Waals surface area contributed by atoms with Crippen molar-refractivity contribution >= 4 is 43.0 Å². The molecular formula is C12H16BrNO3S2. The summed E-state index contributed by atoms with van der Waals surface area (Å²) in [4.78, 5) is 0.211. The van der Waals surface area contributed by atoms with Crippen molar-refractivity contribution in [2.24, 2.45) is 5.73 Å². The van der Waals surface area contributed by atoms with Crippen molar-refractivity contribution in [3.8, 4) is 5.75 Å². The van der Waals surface area contributed by atoms with E-state index in [2.05, 4.69) is 15.9 Å². The lowest BCUT2D eigenvalue weighted by Crippen LogP contribution is -2.22. The number of halogens is 1. The Morgan fingerprint density at radius 2 is 2.11 bits per heavy atom. The molecule has 0 aliphatic carbocycles. The highest BCUT2D eigenvalue weighted by Gasteiger charge is 2.16. The molecule has 0 heterocycles. The van der Waals surface area contributed by atoms with Crippen LogP contribution >= 0.6 is 28.1 Å². The molecule has 19 heavy (non-hydrogen) atoms. The highest BCUT2D eigenvalue weighted by molar-refractivity contribution is 9.10. The first-order valence-electron chi connectivity index (χ1n) is 5.68. The van der Waals surface area contributed by atoms with E-state index in [1.54, 1.807) is 32.0 Å². The van der Waals surface area contributed by atoms with Crippen LogP contribution in [-0.2, 0) is 9.84 Å². The molecule has 0 amide bonds. The largest absolute Gasteiger partial charge is 0.492 e. The molecule has 0 spiro atoms. The Hall–Kier alpha value is -0.660. The van der Waals surface area contributed by atoms with Gasteiger partial charge in [-0.05, 0) is 32.0 Å². The molecule has 0 bridgehead atoms. The van der Waals surface area contributed by atoms with Gasteiger partial charge in [0.15, 0.2) is 9.84 Å². The maximum absolute atomic E-state index is 11.7. The molecule has 0 radical (unpaired) electrons. The van der Waals surface area contributed by atoms with Crippen molar-refractivity contribution in [3.63, 3.8) is 0 Å². The van der Waals surface area contributed by atoms with Gasteiger partial charge in [-0.1, -0.05) is 28.1 Å². The van der Waals surface area contributed by atoms with E-state index in [1.165, 1.54) is 0 Å². The van der Waals surface area contributed by atoms with E-state index in [1.807, 2.05) is 0 Å². The third kappa shape index (κ3) is 4.74. The van der Waals surface area contributed by atoms with Gasteiger partial charge in [-0.15, -0.1) is 0 Å². The maximum Gasteiger partial charge on any atom is 0.155 e. The molecule has 7 heteroatoms. The predicted molar refractivity (Wildman–Crippen MR) is 84.4 cm³/mol. The lowest BCUT2D eigenvalue weighted by Gasteiger charge is -2.12. The summed E-state index contributed by atoms with van der Waals surface area (Å²) in [5.41, 5.74) is 6.19. The van der Waals surface area contributed by atoms with Crippen LogP contribution in [0.15, 0.2) is 22.7 Å². The lowest BCUT2D eigenvalue weighted by molar-refractivity contribution is 0.340. The van der Waals surface area contributed by atoms with Gasteiger partial charge in [-0.25, -0.2) is 8.42 Å². The van der Waals surface area contributed by atoms with Gasteiger partial charge >= 0.3 is 0 Å². The average Bonchev–Trinajstić information content (AvgIpc) is 2.30. The first-order valence-corrected chi connectivity index (χ1v) is 8.59. The molecule has 1 aromatic rings. The molecule has 0 aromatic heterocycles. The third-order valence-corrected chi connectivity index (χ3v) is 5.44. The highest BCUT2D eigenvalue weighted by atomic mass is 79.9. The van der Waals surface area contributed by atoms with Crippen molar-refractivity contribution in [2.75, 3.05) is 12.4 Å². The van der Waals surface area contributed by atoms with Gasteiger partial charge in [0.2, 0.25) is 0 Å². The highest BCUT2D eigenvalue weighted by Crippen LogP contribution is 2.23. The molecule has 4 nitrogen and oxygen atoms in total. The van der Waals surface area contributed by atoms with Gasteiger partial charge in [0.1, 0.15) is 17.3 Å². The average molecular weight is 366 g/mol. The van der Waals surface area contributed by atoms with Crippen molar-refractivity contribution in [3.05, 3.63) is 28.2 Å². The number of hydrogen-bond donors (Lipinski definition) is 1. The number of hydrogen-bond acceptors (Lipinski definition) is 4. The van der Waals surface area contributed by atoms with E-state index >= 15 is 0 Å². The lowest BCUT2D eigenvalue weighted by atomic mass is 10.2. The number of sulfone groups is 1. The van der Waals surface area contributed by atoms with Crippen LogP contribution in [0, 0.1) is 0 Å². The van der Waals surface area contributed by atoms with Crippen LogP contribution in [0.5, 0.6) is 5.75 Å². The number of benzene rings is 1. The number of rotatable bonds is 6. The van der Waals surface area contributed by atoms with Crippen LogP contribution in [0.25, 0.3) is 0 Å². The quantitative estimate of drug-likeness (QED) is 0.783. The van der Waals surface area contributed by atoms with Gasteiger partial charge < -0.3 is 10.5 Å². The molecule has 0 unspecified atom stereocenters. The van der Waals surface area contributed by atoms with Crippen LogP contribution < -0.4 is 10.5 Å². The summed E-state index contributed by atoms with van der Waals surface area (Å²) in [6, 6.07) is 5.24. The second kappa shape index (κ2) is 6.67. The summed E-state index contributed by atoms with van der Waals surface area (Å²) >= 11 is 8.25. The number of thiocarbonyl (C=S) groups is 1. The molecule has 0 atom stereocenters. The predicted octanol–water partition coefficient (Wildman–Crippen LogP) is 2.29. The molecule has 0 aliphatic rings. The second-order valence-corrected chi connectivity index (χ2v) is 8.30. The minimum absolute atomic E-state index is 0.0303. The first kappa shape index (κ1) is 16.4. The Balaban J connectivity index is 2.77. The molecule has 0 aliphatic heterocycles. The molecule has 0 fully saturated rings. The molecule has 106 valence electrons. The van der Waals surface area contributed by atoms with Crippen LogP contribution in [0.4, 0.5) is 0 Å². The Kier molecular flexibility index (Phi) is 5.76. The minimum Gasteiger partial charge on any atom is -0.492 e. The molecular weight excluding hydrogens is 350 g/mol. The van der Waals surface area contributed by atoms with Crippen molar-refractivity contribution < 1.29 is 13.2 Å². The summed E-state index contributed by atoms with van der Waals surface area (Å²) < 4.78 is 29.6. The normalized spacial score (nSPS) is 11.6. The summed E-state index contributed by atoms with van der Waals surface area (Å²) in [5, 5.41) is -0.406. The van der Waals surface area contributed by atoms with Gasteiger partial charge in [0, 0.05) is 4.47 Å². The van der Waals surface area contributed by atoms with Crippen LogP contribution in [0.2, 0.25) is 0 Å². The summed E-state index contributed by atoms with van der Waals surface area (Å²) in [5.74, 6) is 0.465.